The maximum atomic E-state index is 9.94. The van der Waals surface area contributed by atoms with E-state index in [-0.39, 0.29) is 6.61 Å². The Balaban J connectivity index is 2.36. The molecule has 2 rings (SSSR count). The Labute approximate surface area is 87.1 Å². The highest BCUT2D eigenvalue weighted by Gasteiger charge is 2.64. The maximum Gasteiger partial charge on any atom is 0.187 e. The lowest BCUT2D eigenvalue weighted by molar-refractivity contribution is -0.294. The standard InChI is InChI=1S/C9H16O6/c1-8(2,13)9-3-14-7(15-9)5(11)4(10)6(9)12/h4-7,10-13H,3H2,1-2H3/t4-,5-,6+,7+,9+/m1/s1. The van der Waals surface area contributed by atoms with Gasteiger partial charge in [0.15, 0.2) is 11.9 Å². The predicted octanol–water partition coefficient (Wildman–Crippen LogP) is -2.03. The van der Waals surface area contributed by atoms with Crippen LogP contribution in [0, 0.1) is 0 Å². The first kappa shape index (κ1) is 11.3. The van der Waals surface area contributed by atoms with Crippen LogP contribution in [0.4, 0.5) is 0 Å². The molecule has 2 saturated heterocycles. The minimum atomic E-state index is -1.38. The number of aliphatic hydroxyl groups excluding tert-OH is 3. The summed E-state index contributed by atoms with van der Waals surface area (Å²) in [5, 5.41) is 38.8. The van der Waals surface area contributed by atoms with Gasteiger partial charge < -0.3 is 29.9 Å². The van der Waals surface area contributed by atoms with E-state index in [4.69, 9.17) is 9.47 Å². The van der Waals surface area contributed by atoms with Crippen LogP contribution in [0.5, 0.6) is 0 Å². The van der Waals surface area contributed by atoms with Gasteiger partial charge in [0.1, 0.15) is 18.3 Å². The van der Waals surface area contributed by atoms with Crippen molar-refractivity contribution in [2.45, 2.75) is 49.7 Å². The van der Waals surface area contributed by atoms with E-state index in [1.54, 1.807) is 0 Å². The van der Waals surface area contributed by atoms with E-state index in [0.29, 0.717) is 0 Å². The zero-order chi connectivity index (χ0) is 11.4. The van der Waals surface area contributed by atoms with Gasteiger partial charge in [-0.2, -0.15) is 0 Å². The van der Waals surface area contributed by atoms with E-state index in [9.17, 15) is 20.4 Å². The third kappa shape index (κ3) is 1.33. The summed E-state index contributed by atoms with van der Waals surface area (Å²) in [6.45, 7) is 2.87. The Morgan fingerprint density at radius 3 is 2.33 bits per heavy atom. The molecular weight excluding hydrogens is 204 g/mol. The van der Waals surface area contributed by atoms with Gasteiger partial charge in [-0.15, -0.1) is 0 Å². The van der Waals surface area contributed by atoms with Crippen molar-refractivity contribution in [3.05, 3.63) is 0 Å². The first-order valence-electron chi connectivity index (χ1n) is 4.85. The van der Waals surface area contributed by atoms with Crippen molar-refractivity contribution in [3.8, 4) is 0 Å². The van der Waals surface area contributed by atoms with Crippen molar-refractivity contribution in [1.82, 2.24) is 0 Å². The van der Waals surface area contributed by atoms with Gasteiger partial charge in [0, 0.05) is 0 Å². The highest BCUT2D eigenvalue weighted by molar-refractivity contribution is 5.11. The lowest BCUT2D eigenvalue weighted by Crippen LogP contribution is -2.68. The third-order valence-corrected chi connectivity index (χ3v) is 3.25. The summed E-state index contributed by atoms with van der Waals surface area (Å²) in [6, 6.07) is 0. The maximum absolute atomic E-state index is 9.94. The molecule has 2 bridgehead atoms. The molecule has 4 N–H and O–H groups in total. The minimum Gasteiger partial charge on any atom is -0.387 e. The van der Waals surface area contributed by atoms with Crippen LogP contribution in [-0.2, 0) is 9.47 Å². The molecule has 6 heteroatoms. The summed E-state index contributed by atoms with van der Waals surface area (Å²) < 4.78 is 10.4. The Hall–Kier alpha value is -0.240. The number of hydrogen-bond acceptors (Lipinski definition) is 6. The fraction of sp³-hybridized carbons (Fsp3) is 1.00. The predicted molar refractivity (Wildman–Crippen MR) is 47.9 cm³/mol. The van der Waals surface area contributed by atoms with E-state index in [0.717, 1.165) is 0 Å². The molecule has 2 fully saturated rings. The summed E-state index contributed by atoms with van der Waals surface area (Å²) in [6.07, 6.45) is -5.04. The quantitative estimate of drug-likeness (QED) is 0.406. The Morgan fingerprint density at radius 1 is 1.20 bits per heavy atom. The molecule has 0 aliphatic carbocycles. The van der Waals surface area contributed by atoms with E-state index in [1.165, 1.54) is 13.8 Å². The average Bonchev–Trinajstić information content (AvgIpc) is 2.54. The average molecular weight is 220 g/mol. The third-order valence-electron chi connectivity index (χ3n) is 3.25. The van der Waals surface area contributed by atoms with Crippen molar-refractivity contribution in [1.29, 1.82) is 0 Å². The molecule has 0 aromatic carbocycles. The normalized spacial score (nSPS) is 50.8. The monoisotopic (exact) mass is 220 g/mol. The molecule has 2 aliphatic rings. The molecule has 15 heavy (non-hydrogen) atoms. The zero-order valence-electron chi connectivity index (χ0n) is 8.62. The lowest BCUT2D eigenvalue weighted by atomic mass is 9.77. The van der Waals surface area contributed by atoms with Crippen LogP contribution in [0.1, 0.15) is 13.8 Å². The molecule has 2 heterocycles. The van der Waals surface area contributed by atoms with Crippen molar-refractivity contribution in [2.24, 2.45) is 0 Å². The largest absolute Gasteiger partial charge is 0.387 e. The van der Waals surface area contributed by atoms with Gasteiger partial charge in [0.25, 0.3) is 0 Å². The molecule has 0 amide bonds. The summed E-state index contributed by atoms with van der Waals surface area (Å²) in [5.41, 5.74) is -2.75. The van der Waals surface area contributed by atoms with E-state index < -0.39 is 35.8 Å². The second-order valence-electron chi connectivity index (χ2n) is 4.67. The number of fused-ring (bicyclic) bond motifs is 2. The molecule has 0 saturated carbocycles. The SMILES string of the molecule is CC(C)(O)[C@@]12CO[C@@H](O1)[C@H](O)[C@@H](O)[C@@H]2O. The first-order valence-corrected chi connectivity index (χ1v) is 4.85. The van der Waals surface area contributed by atoms with E-state index >= 15 is 0 Å². The van der Waals surface area contributed by atoms with E-state index in [2.05, 4.69) is 0 Å². The molecule has 2 aliphatic heterocycles. The van der Waals surface area contributed by atoms with Gasteiger partial charge in [-0.05, 0) is 13.8 Å². The van der Waals surface area contributed by atoms with Crippen LogP contribution in [0.15, 0.2) is 0 Å². The first-order chi connectivity index (χ1) is 6.79. The fourth-order valence-electron chi connectivity index (χ4n) is 2.11. The van der Waals surface area contributed by atoms with Crippen LogP contribution in [0.25, 0.3) is 0 Å². The molecular formula is C9H16O6. The summed E-state index contributed by atoms with van der Waals surface area (Å²) in [5.74, 6) is 0. The minimum absolute atomic E-state index is 0.0591. The second kappa shape index (κ2) is 3.13. The number of aliphatic hydroxyl groups is 4. The van der Waals surface area contributed by atoms with Gasteiger partial charge in [-0.3, -0.25) is 0 Å². The van der Waals surface area contributed by atoms with Crippen LogP contribution < -0.4 is 0 Å². The van der Waals surface area contributed by atoms with Gasteiger partial charge in [0.2, 0.25) is 0 Å². The van der Waals surface area contributed by atoms with Crippen molar-refractivity contribution >= 4 is 0 Å². The Morgan fingerprint density at radius 2 is 1.80 bits per heavy atom. The van der Waals surface area contributed by atoms with Crippen molar-refractivity contribution < 1.29 is 29.9 Å². The molecule has 0 aromatic rings. The van der Waals surface area contributed by atoms with Crippen LogP contribution in [0.3, 0.4) is 0 Å². The molecule has 0 spiro atoms. The second-order valence-corrected chi connectivity index (χ2v) is 4.67. The molecule has 0 radical (unpaired) electrons. The van der Waals surface area contributed by atoms with Crippen LogP contribution >= 0.6 is 0 Å². The van der Waals surface area contributed by atoms with Crippen molar-refractivity contribution in [3.63, 3.8) is 0 Å². The molecule has 0 unspecified atom stereocenters. The van der Waals surface area contributed by atoms with Crippen LogP contribution in [-0.4, -0.2) is 62.8 Å². The molecule has 5 atom stereocenters. The topological polar surface area (TPSA) is 99.4 Å². The highest BCUT2D eigenvalue weighted by atomic mass is 16.8. The number of ether oxygens (including phenoxy) is 2. The number of hydrogen-bond donors (Lipinski definition) is 4. The van der Waals surface area contributed by atoms with Crippen molar-refractivity contribution in [2.75, 3.05) is 6.61 Å². The van der Waals surface area contributed by atoms with Gasteiger partial charge >= 0.3 is 0 Å². The Bertz CT molecular complexity index is 262. The van der Waals surface area contributed by atoms with E-state index in [1.807, 2.05) is 0 Å². The molecule has 0 aromatic heterocycles. The van der Waals surface area contributed by atoms with Crippen LogP contribution in [0.2, 0.25) is 0 Å². The highest BCUT2D eigenvalue weighted by Crippen LogP contribution is 2.43. The number of rotatable bonds is 1. The summed E-state index contributed by atoms with van der Waals surface area (Å²) >= 11 is 0. The summed E-state index contributed by atoms with van der Waals surface area (Å²) in [7, 11) is 0. The van der Waals surface area contributed by atoms with Gasteiger partial charge in [0.05, 0.1) is 12.2 Å². The molecule has 88 valence electrons. The lowest BCUT2D eigenvalue weighted by Gasteiger charge is -2.47. The fourth-order valence-corrected chi connectivity index (χ4v) is 2.11. The van der Waals surface area contributed by atoms with Gasteiger partial charge in [-0.25, -0.2) is 0 Å². The zero-order valence-corrected chi connectivity index (χ0v) is 8.62. The Kier molecular flexibility index (Phi) is 2.35. The summed E-state index contributed by atoms with van der Waals surface area (Å²) in [4.78, 5) is 0. The van der Waals surface area contributed by atoms with Gasteiger partial charge in [-0.1, -0.05) is 0 Å². The molecule has 6 nitrogen and oxygen atoms in total. The smallest absolute Gasteiger partial charge is 0.187 e.